The highest BCUT2D eigenvalue weighted by Gasteiger charge is 2.33. The van der Waals surface area contributed by atoms with Gasteiger partial charge in [-0.2, -0.15) is 0 Å². The fourth-order valence-electron chi connectivity index (χ4n) is 3.79. The molecule has 0 bridgehead atoms. The summed E-state index contributed by atoms with van der Waals surface area (Å²) in [5, 5.41) is 5.86. The monoisotopic (exact) mass is 398 g/mol. The molecule has 0 spiro atoms. The molecule has 2 unspecified atom stereocenters. The molecule has 1 aromatic carbocycles. The van der Waals surface area contributed by atoms with E-state index in [-0.39, 0.29) is 36.0 Å². The third-order valence-electron chi connectivity index (χ3n) is 5.31. The third kappa shape index (κ3) is 5.32. The molecule has 2 N–H and O–H groups in total. The summed E-state index contributed by atoms with van der Waals surface area (Å²) in [6.07, 6.45) is 3.66. The Morgan fingerprint density at radius 2 is 1.78 bits per heavy atom. The van der Waals surface area contributed by atoms with Gasteiger partial charge in [-0.05, 0) is 44.9 Å². The number of halogens is 2. The summed E-state index contributed by atoms with van der Waals surface area (Å²) in [6, 6.07) is 6.10. The van der Waals surface area contributed by atoms with Crippen molar-refractivity contribution in [3.63, 3.8) is 0 Å². The van der Waals surface area contributed by atoms with Crippen LogP contribution in [0.5, 0.6) is 0 Å². The second-order valence-corrected chi connectivity index (χ2v) is 7.11. The van der Waals surface area contributed by atoms with Gasteiger partial charge in [-0.25, -0.2) is 9.18 Å². The lowest BCUT2D eigenvalue weighted by Crippen LogP contribution is -2.52. The number of likely N-dealkylation sites (N-methyl/N-ethyl adjacent to an activating group) is 1. The third-order valence-corrected chi connectivity index (χ3v) is 5.31. The van der Waals surface area contributed by atoms with E-state index < -0.39 is 5.82 Å². The van der Waals surface area contributed by atoms with Crippen LogP contribution < -0.4 is 10.6 Å². The zero-order valence-corrected chi connectivity index (χ0v) is 16.4. The van der Waals surface area contributed by atoms with Crippen molar-refractivity contribution in [3.05, 3.63) is 30.1 Å². The molecule has 3 amide bonds. The Labute approximate surface area is 165 Å². The molecule has 8 heteroatoms. The first kappa shape index (κ1) is 21.4. The molecule has 2 fully saturated rings. The van der Waals surface area contributed by atoms with Crippen molar-refractivity contribution in [2.24, 2.45) is 5.92 Å². The number of piperidine rings is 2. The number of benzene rings is 1. The van der Waals surface area contributed by atoms with Crippen LogP contribution in [0.1, 0.15) is 25.7 Å². The van der Waals surface area contributed by atoms with Crippen molar-refractivity contribution in [1.29, 1.82) is 0 Å². The van der Waals surface area contributed by atoms with E-state index in [1.54, 1.807) is 17.0 Å². The number of nitrogens with zero attached hydrogens (tertiary/aromatic N) is 2. The predicted octanol–water partition coefficient (Wildman–Crippen LogP) is 2.70. The van der Waals surface area contributed by atoms with Gasteiger partial charge in [0.2, 0.25) is 5.91 Å². The van der Waals surface area contributed by atoms with Gasteiger partial charge in [0.15, 0.2) is 0 Å². The molecule has 2 aliphatic rings. The van der Waals surface area contributed by atoms with Gasteiger partial charge < -0.3 is 20.4 Å². The van der Waals surface area contributed by atoms with Gasteiger partial charge in [-0.15, -0.1) is 12.4 Å². The summed E-state index contributed by atoms with van der Waals surface area (Å²) in [5.74, 6) is -0.504. The number of para-hydroxylation sites is 1. The highest BCUT2D eigenvalue weighted by atomic mass is 35.5. The Kier molecular flexibility index (Phi) is 7.86. The molecule has 2 saturated heterocycles. The quantitative estimate of drug-likeness (QED) is 0.822. The van der Waals surface area contributed by atoms with Crippen LogP contribution in [0.15, 0.2) is 24.3 Å². The van der Waals surface area contributed by atoms with Crippen molar-refractivity contribution in [3.8, 4) is 0 Å². The fraction of sp³-hybridized carbons (Fsp3) is 0.579. The van der Waals surface area contributed by atoms with Crippen molar-refractivity contribution in [1.82, 2.24) is 15.1 Å². The molecule has 2 aliphatic heterocycles. The predicted molar refractivity (Wildman–Crippen MR) is 106 cm³/mol. The van der Waals surface area contributed by atoms with Gasteiger partial charge in [0.05, 0.1) is 11.6 Å². The van der Waals surface area contributed by atoms with Crippen LogP contribution in [0.4, 0.5) is 14.9 Å². The van der Waals surface area contributed by atoms with E-state index in [9.17, 15) is 14.0 Å². The number of carbonyl (C=O) groups excluding carboxylic acids is 2. The average molecular weight is 399 g/mol. The van der Waals surface area contributed by atoms with Gasteiger partial charge in [0, 0.05) is 32.2 Å². The first-order valence-electron chi connectivity index (χ1n) is 9.35. The van der Waals surface area contributed by atoms with Gasteiger partial charge in [0.1, 0.15) is 5.82 Å². The number of rotatable bonds is 3. The van der Waals surface area contributed by atoms with Crippen LogP contribution in [-0.4, -0.2) is 61.0 Å². The second kappa shape index (κ2) is 9.90. The van der Waals surface area contributed by atoms with Gasteiger partial charge in [0.25, 0.3) is 0 Å². The topological polar surface area (TPSA) is 64.7 Å². The lowest BCUT2D eigenvalue weighted by Gasteiger charge is -2.38. The molecular formula is C19H28ClFN4O2. The Bertz CT molecular complexity index is 660. The highest BCUT2D eigenvalue weighted by molar-refractivity contribution is 5.90. The van der Waals surface area contributed by atoms with Crippen LogP contribution in [0.25, 0.3) is 0 Å². The maximum absolute atomic E-state index is 13.7. The van der Waals surface area contributed by atoms with Crippen LogP contribution in [0.3, 0.4) is 0 Å². The molecule has 0 saturated carbocycles. The number of nitrogens with one attached hydrogen (secondary N) is 2. The van der Waals surface area contributed by atoms with Crippen molar-refractivity contribution >= 4 is 30.0 Å². The standard InChI is InChI=1S/C19H27FN4O2.ClH/c1-21-15-7-5-10-23(13-15)18(25)14-6-4-11-24(12-14)19(26)22-17-9-3-2-8-16(17)20;/h2-3,8-9,14-15,21H,4-7,10-13H2,1H3,(H,22,26);1H. The molecular weight excluding hydrogens is 371 g/mol. The number of likely N-dealkylation sites (tertiary alicyclic amines) is 2. The minimum atomic E-state index is -0.461. The minimum Gasteiger partial charge on any atom is -0.341 e. The molecule has 0 aliphatic carbocycles. The number of amides is 3. The molecule has 2 atom stereocenters. The Hall–Kier alpha value is -1.86. The van der Waals surface area contributed by atoms with Gasteiger partial charge in [-0.3, -0.25) is 4.79 Å². The van der Waals surface area contributed by atoms with E-state index >= 15 is 0 Å². The Balaban J connectivity index is 0.00000261. The summed E-state index contributed by atoms with van der Waals surface area (Å²) in [7, 11) is 1.92. The van der Waals surface area contributed by atoms with Crippen molar-refractivity contribution < 1.29 is 14.0 Å². The maximum atomic E-state index is 13.7. The summed E-state index contributed by atoms with van der Waals surface area (Å²) >= 11 is 0. The number of hydrogen-bond acceptors (Lipinski definition) is 3. The zero-order chi connectivity index (χ0) is 18.5. The van der Waals surface area contributed by atoms with E-state index in [1.807, 2.05) is 11.9 Å². The number of carbonyl (C=O) groups is 2. The molecule has 3 rings (SSSR count). The van der Waals surface area contributed by atoms with E-state index in [2.05, 4.69) is 10.6 Å². The largest absolute Gasteiger partial charge is 0.341 e. The number of anilines is 1. The number of urea groups is 1. The summed E-state index contributed by atoms with van der Waals surface area (Å²) in [5.41, 5.74) is 0.166. The summed E-state index contributed by atoms with van der Waals surface area (Å²) < 4.78 is 13.7. The van der Waals surface area contributed by atoms with Crippen LogP contribution >= 0.6 is 12.4 Å². The van der Waals surface area contributed by atoms with Crippen LogP contribution in [-0.2, 0) is 4.79 Å². The van der Waals surface area contributed by atoms with E-state index in [0.29, 0.717) is 19.1 Å². The summed E-state index contributed by atoms with van der Waals surface area (Å²) in [4.78, 5) is 28.9. The van der Waals surface area contributed by atoms with Crippen molar-refractivity contribution in [2.45, 2.75) is 31.7 Å². The normalized spacial score (nSPS) is 22.7. The zero-order valence-electron chi connectivity index (χ0n) is 15.6. The maximum Gasteiger partial charge on any atom is 0.321 e. The Morgan fingerprint density at radius 3 is 2.52 bits per heavy atom. The van der Waals surface area contributed by atoms with Gasteiger partial charge >= 0.3 is 6.03 Å². The van der Waals surface area contributed by atoms with E-state index in [4.69, 9.17) is 0 Å². The highest BCUT2D eigenvalue weighted by Crippen LogP contribution is 2.22. The molecule has 2 heterocycles. The molecule has 0 radical (unpaired) electrons. The van der Waals surface area contributed by atoms with E-state index in [1.165, 1.54) is 12.1 Å². The molecule has 150 valence electrons. The van der Waals surface area contributed by atoms with E-state index in [0.717, 1.165) is 38.8 Å². The smallest absolute Gasteiger partial charge is 0.321 e. The van der Waals surface area contributed by atoms with Gasteiger partial charge in [-0.1, -0.05) is 12.1 Å². The average Bonchev–Trinajstić information content (AvgIpc) is 2.69. The van der Waals surface area contributed by atoms with Crippen LogP contribution in [0, 0.1) is 11.7 Å². The second-order valence-electron chi connectivity index (χ2n) is 7.11. The lowest BCUT2D eigenvalue weighted by molar-refractivity contribution is -0.138. The molecule has 1 aromatic rings. The lowest BCUT2D eigenvalue weighted by atomic mass is 9.95. The Morgan fingerprint density at radius 1 is 1.07 bits per heavy atom. The summed E-state index contributed by atoms with van der Waals surface area (Å²) in [6.45, 7) is 2.49. The number of hydrogen-bond donors (Lipinski definition) is 2. The van der Waals surface area contributed by atoms with Crippen LogP contribution in [0.2, 0.25) is 0 Å². The molecule has 0 aromatic heterocycles. The minimum absolute atomic E-state index is 0. The fourth-order valence-corrected chi connectivity index (χ4v) is 3.79. The van der Waals surface area contributed by atoms with Crippen molar-refractivity contribution in [2.75, 3.05) is 38.5 Å². The first-order chi connectivity index (χ1) is 12.6. The molecule has 27 heavy (non-hydrogen) atoms. The molecule has 6 nitrogen and oxygen atoms in total. The first-order valence-corrected chi connectivity index (χ1v) is 9.35. The SMILES string of the molecule is CNC1CCCN(C(=O)C2CCCN(C(=O)Nc3ccccc3F)C2)C1.Cl.